The van der Waals surface area contributed by atoms with Crippen LogP contribution in [0.1, 0.15) is 11.3 Å². The van der Waals surface area contributed by atoms with E-state index in [2.05, 4.69) is 25.7 Å². The molecule has 0 saturated carbocycles. The molecule has 1 aromatic heterocycles. The molecule has 0 aliphatic carbocycles. The maximum absolute atomic E-state index is 11.3. The van der Waals surface area contributed by atoms with E-state index in [1.165, 1.54) is 19.1 Å². The third-order valence-electron chi connectivity index (χ3n) is 2.46. The van der Waals surface area contributed by atoms with Crippen molar-refractivity contribution < 1.29 is 10.0 Å². The fourth-order valence-electron chi connectivity index (χ4n) is 1.37. The first-order chi connectivity index (χ1) is 9.97. The molecule has 10 heteroatoms. The van der Waals surface area contributed by atoms with Gasteiger partial charge in [-0.1, -0.05) is 0 Å². The highest BCUT2D eigenvalue weighted by atomic mass is 16.6. The first-order valence-corrected chi connectivity index (χ1v) is 5.67. The van der Waals surface area contributed by atoms with Crippen LogP contribution in [0.5, 0.6) is 5.75 Å². The number of hydrogen-bond donors (Lipinski definition) is 3. The van der Waals surface area contributed by atoms with Gasteiger partial charge in [0.15, 0.2) is 0 Å². The molecule has 0 atom stereocenters. The Morgan fingerprint density at radius 3 is 2.90 bits per heavy atom. The third kappa shape index (κ3) is 3.37. The topological polar surface area (TPSA) is 146 Å². The zero-order valence-corrected chi connectivity index (χ0v) is 10.8. The summed E-state index contributed by atoms with van der Waals surface area (Å²) < 4.78 is 0. The number of aromatic nitrogens is 3. The molecule has 0 spiro atoms. The molecular formula is C11H10N6O4. The van der Waals surface area contributed by atoms with Crippen LogP contribution in [0.2, 0.25) is 0 Å². The maximum Gasteiger partial charge on any atom is 0.274 e. The molecule has 1 aromatic carbocycles. The number of hydrogen-bond acceptors (Lipinski definition) is 8. The molecule has 0 amide bonds. The minimum Gasteiger partial charge on any atom is -0.507 e. The minimum atomic E-state index is -0.590. The van der Waals surface area contributed by atoms with Gasteiger partial charge in [0.05, 0.1) is 11.1 Å². The van der Waals surface area contributed by atoms with Crippen LogP contribution < -0.4 is 11.0 Å². The van der Waals surface area contributed by atoms with Gasteiger partial charge in [0.25, 0.3) is 11.2 Å². The number of nitro benzene ring substituents is 1. The lowest BCUT2D eigenvalue weighted by Gasteiger charge is -2.00. The van der Waals surface area contributed by atoms with E-state index in [-0.39, 0.29) is 28.6 Å². The number of non-ortho nitro benzene ring substituents is 1. The molecule has 108 valence electrons. The number of aryl methyl sites for hydroxylation is 1. The number of phenols is 1. The van der Waals surface area contributed by atoms with E-state index < -0.39 is 10.5 Å². The number of aromatic amines is 1. The highest BCUT2D eigenvalue weighted by Crippen LogP contribution is 2.21. The molecule has 21 heavy (non-hydrogen) atoms. The van der Waals surface area contributed by atoms with Crippen molar-refractivity contribution in [1.82, 2.24) is 15.2 Å². The number of anilines is 1. The first kappa shape index (κ1) is 14.1. The van der Waals surface area contributed by atoms with Gasteiger partial charge in [-0.2, -0.15) is 5.10 Å². The van der Waals surface area contributed by atoms with Crippen LogP contribution in [0.15, 0.2) is 28.1 Å². The molecule has 1 heterocycles. The number of phenolic OH excluding ortho intramolecular Hbond substituents is 1. The average molecular weight is 290 g/mol. The summed E-state index contributed by atoms with van der Waals surface area (Å²) in [5.74, 6) is -0.165. The van der Waals surface area contributed by atoms with Crippen LogP contribution in [0.3, 0.4) is 0 Å². The molecule has 0 fully saturated rings. The van der Waals surface area contributed by atoms with Crippen LogP contribution in [-0.4, -0.2) is 31.4 Å². The Hall–Kier alpha value is -3.30. The molecule has 0 bridgehead atoms. The van der Waals surface area contributed by atoms with Gasteiger partial charge in [-0.25, -0.2) is 5.43 Å². The van der Waals surface area contributed by atoms with E-state index >= 15 is 0 Å². The Morgan fingerprint density at radius 2 is 2.24 bits per heavy atom. The number of benzene rings is 1. The second kappa shape index (κ2) is 5.77. The molecule has 0 radical (unpaired) electrons. The van der Waals surface area contributed by atoms with Crippen LogP contribution in [-0.2, 0) is 0 Å². The predicted octanol–water partition coefficient (Wildman–Crippen LogP) is 0.533. The number of rotatable bonds is 4. The molecule has 0 aliphatic rings. The number of H-pyrrole nitrogens is 1. The molecule has 0 aliphatic heterocycles. The summed E-state index contributed by atoms with van der Waals surface area (Å²) in [7, 11) is 0. The van der Waals surface area contributed by atoms with E-state index in [4.69, 9.17) is 0 Å². The van der Waals surface area contributed by atoms with Crippen molar-refractivity contribution in [3.8, 4) is 5.75 Å². The molecule has 2 rings (SSSR count). The number of nitrogens with zero attached hydrogens (tertiary/aromatic N) is 4. The Morgan fingerprint density at radius 1 is 1.48 bits per heavy atom. The highest BCUT2D eigenvalue weighted by Gasteiger charge is 2.08. The van der Waals surface area contributed by atoms with Gasteiger partial charge in [0.1, 0.15) is 11.4 Å². The Bertz CT molecular complexity index is 770. The Kier molecular flexibility index (Phi) is 3.88. The minimum absolute atomic E-state index is 0.00627. The van der Waals surface area contributed by atoms with Crippen molar-refractivity contribution >= 4 is 17.9 Å². The van der Waals surface area contributed by atoms with E-state index in [1.807, 2.05) is 0 Å². The zero-order valence-electron chi connectivity index (χ0n) is 10.8. The molecule has 10 nitrogen and oxygen atoms in total. The summed E-state index contributed by atoms with van der Waals surface area (Å²) in [5.41, 5.74) is 2.15. The van der Waals surface area contributed by atoms with Crippen molar-refractivity contribution in [3.63, 3.8) is 0 Å². The quantitative estimate of drug-likeness (QED) is 0.422. The summed E-state index contributed by atoms with van der Waals surface area (Å²) >= 11 is 0. The van der Waals surface area contributed by atoms with Crippen molar-refractivity contribution in [1.29, 1.82) is 0 Å². The lowest BCUT2D eigenvalue weighted by molar-refractivity contribution is -0.384. The number of nitrogens with one attached hydrogen (secondary N) is 2. The lowest BCUT2D eigenvalue weighted by atomic mass is 10.2. The summed E-state index contributed by atoms with van der Waals surface area (Å²) in [6.45, 7) is 1.50. The van der Waals surface area contributed by atoms with Gasteiger partial charge in [-0.05, 0) is 13.0 Å². The van der Waals surface area contributed by atoms with E-state index in [1.54, 1.807) is 0 Å². The van der Waals surface area contributed by atoms with Crippen LogP contribution in [0.4, 0.5) is 11.6 Å². The third-order valence-corrected chi connectivity index (χ3v) is 2.46. The van der Waals surface area contributed by atoms with Crippen LogP contribution in [0, 0.1) is 17.0 Å². The second-order valence-corrected chi connectivity index (χ2v) is 3.96. The van der Waals surface area contributed by atoms with E-state index in [0.29, 0.717) is 0 Å². The molecule has 2 aromatic rings. The molecular weight excluding hydrogens is 280 g/mol. The SMILES string of the molecule is Cc1nnc(N/N=C/c2cc([N+](=O)[O-])ccc2O)[nH]c1=O. The fraction of sp³-hybridized carbons (Fsp3) is 0.0909. The molecule has 0 unspecified atom stereocenters. The van der Waals surface area contributed by atoms with Gasteiger partial charge < -0.3 is 5.11 Å². The number of nitro groups is 1. The summed E-state index contributed by atoms with van der Waals surface area (Å²) in [5, 5.41) is 31.1. The predicted molar refractivity (Wildman–Crippen MR) is 73.4 cm³/mol. The maximum atomic E-state index is 11.3. The van der Waals surface area contributed by atoms with Crippen LogP contribution in [0.25, 0.3) is 0 Å². The first-order valence-electron chi connectivity index (χ1n) is 5.67. The van der Waals surface area contributed by atoms with Gasteiger partial charge in [-0.3, -0.25) is 19.9 Å². The molecule has 3 N–H and O–H groups in total. The van der Waals surface area contributed by atoms with Crippen molar-refractivity contribution in [2.45, 2.75) is 6.92 Å². The summed E-state index contributed by atoms with van der Waals surface area (Å²) in [6, 6.07) is 3.51. The van der Waals surface area contributed by atoms with Gasteiger partial charge in [-0.15, -0.1) is 10.2 Å². The van der Waals surface area contributed by atoms with Crippen molar-refractivity contribution in [2.24, 2.45) is 5.10 Å². The summed E-state index contributed by atoms with van der Waals surface area (Å²) in [6.07, 6.45) is 1.15. The van der Waals surface area contributed by atoms with E-state index in [9.17, 15) is 20.0 Å². The zero-order chi connectivity index (χ0) is 15.4. The molecule has 0 saturated heterocycles. The van der Waals surface area contributed by atoms with Crippen molar-refractivity contribution in [2.75, 3.05) is 5.43 Å². The fourth-order valence-corrected chi connectivity index (χ4v) is 1.37. The van der Waals surface area contributed by atoms with Crippen molar-refractivity contribution in [3.05, 3.63) is 49.9 Å². The standard InChI is InChI=1S/C11H10N6O4/c1-6-10(19)13-11(16-14-6)15-12-5-7-4-8(17(20)21)2-3-9(7)18/h2-5,18H,1H3,(H2,13,15,16,19)/b12-5+. The normalized spacial score (nSPS) is 10.7. The van der Waals surface area contributed by atoms with Gasteiger partial charge in [0.2, 0.25) is 5.95 Å². The largest absolute Gasteiger partial charge is 0.507 e. The average Bonchev–Trinajstić information content (AvgIpc) is 2.44. The van der Waals surface area contributed by atoms with Gasteiger partial charge >= 0.3 is 0 Å². The Balaban J connectivity index is 2.17. The van der Waals surface area contributed by atoms with Gasteiger partial charge in [0, 0.05) is 17.7 Å². The smallest absolute Gasteiger partial charge is 0.274 e. The lowest BCUT2D eigenvalue weighted by Crippen LogP contribution is -2.15. The number of aromatic hydroxyl groups is 1. The monoisotopic (exact) mass is 290 g/mol. The highest BCUT2D eigenvalue weighted by molar-refractivity contribution is 5.84. The number of hydrazone groups is 1. The van der Waals surface area contributed by atoms with E-state index in [0.717, 1.165) is 12.3 Å². The summed E-state index contributed by atoms with van der Waals surface area (Å²) in [4.78, 5) is 23.7. The Labute approximate surface area is 117 Å². The van der Waals surface area contributed by atoms with Crippen LogP contribution >= 0.6 is 0 Å². The second-order valence-electron chi connectivity index (χ2n) is 3.96.